The molecule has 1 aliphatic carbocycles. The Bertz CT molecular complexity index is 279. The second-order valence-electron chi connectivity index (χ2n) is 3.62. The number of hydrogen-bond donors (Lipinski definition) is 0. The number of carbonyl (C=O) groups excluding carboxylic acids is 1. The summed E-state index contributed by atoms with van der Waals surface area (Å²) in [5.74, 6) is 0.287. The van der Waals surface area contributed by atoms with Gasteiger partial charge < -0.3 is 4.74 Å². The lowest BCUT2D eigenvalue weighted by molar-refractivity contribution is -0.136. The maximum Gasteiger partial charge on any atom is 0.333 e. The molecular formula is C11H15BrO2. The molecule has 1 atom stereocenters. The molecule has 0 heterocycles. The van der Waals surface area contributed by atoms with E-state index in [0.29, 0.717) is 5.92 Å². The molecule has 0 spiro atoms. The summed E-state index contributed by atoms with van der Waals surface area (Å²) in [5.41, 5.74) is 0.802. The van der Waals surface area contributed by atoms with E-state index in [1.807, 2.05) is 6.08 Å². The van der Waals surface area contributed by atoms with E-state index in [4.69, 9.17) is 4.74 Å². The Balaban J connectivity index is 2.76. The van der Waals surface area contributed by atoms with Crippen LogP contribution in [0.25, 0.3) is 0 Å². The molecule has 0 bridgehead atoms. The van der Waals surface area contributed by atoms with Crippen LogP contribution in [0.1, 0.15) is 26.2 Å². The van der Waals surface area contributed by atoms with Crippen LogP contribution in [0.4, 0.5) is 0 Å². The van der Waals surface area contributed by atoms with Crippen LogP contribution in [-0.2, 0) is 9.53 Å². The molecule has 1 rings (SSSR count). The van der Waals surface area contributed by atoms with Crippen molar-refractivity contribution in [3.8, 4) is 0 Å². The van der Waals surface area contributed by atoms with Gasteiger partial charge in [0.15, 0.2) is 0 Å². The van der Waals surface area contributed by atoms with E-state index < -0.39 is 0 Å². The summed E-state index contributed by atoms with van der Waals surface area (Å²) in [7, 11) is 1.43. The summed E-state index contributed by atoms with van der Waals surface area (Å²) in [4.78, 5) is 11.3. The number of carbonyl (C=O) groups is 1. The molecule has 1 aliphatic rings. The van der Waals surface area contributed by atoms with Crippen LogP contribution in [-0.4, -0.2) is 13.1 Å². The van der Waals surface area contributed by atoms with Gasteiger partial charge >= 0.3 is 5.97 Å². The molecule has 0 aromatic heterocycles. The van der Waals surface area contributed by atoms with Gasteiger partial charge in [-0.25, -0.2) is 4.79 Å². The molecule has 1 unspecified atom stereocenters. The van der Waals surface area contributed by atoms with Crippen molar-refractivity contribution in [2.75, 3.05) is 7.11 Å². The molecule has 0 aromatic carbocycles. The molecular weight excluding hydrogens is 244 g/mol. The molecule has 0 aromatic rings. The van der Waals surface area contributed by atoms with Gasteiger partial charge in [0.1, 0.15) is 0 Å². The molecule has 14 heavy (non-hydrogen) atoms. The molecule has 0 saturated heterocycles. The van der Waals surface area contributed by atoms with E-state index in [-0.39, 0.29) is 5.97 Å². The third-order valence-corrected chi connectivity index (χ3v) is 2.91. The number of allylic oxidation sites excluding steroid dienone is 3. The van der Waals surface area contributed by atoms with Crippen molar-refractivity contribution in [1.82, 2.24) is 0 Å². The van der Waals surface area contributed by atoms with Gasteiger partial charge in [-0.15, -0.1) is 0 Å². The van der Waals surface area contributed by atoms with Crippen LogP contribution < -0.4 is 0 Å². The first kappa shape index (κ1) is 11.5. The predicted molar refractivity (Wildman–Crippen MR) is 60.1 cm³/mol. The largest absolute Gasteiger partial charge is 0.466 e. The molecule has 0 saturated carbocycles. The maximum absolute atomic E-state index is 11.3. The highest BCUT2D eigenvalue weighted by atomic mass is 79.9. The van der Waals surface area contributed by atoms with Crippen LogP contribution in [0.5, 0.6) is 0 Å². The number of methoxy groups -OCH3 is 1. The molecule has 0 N–H and O–H groups in total. The zero-order chi connectivity index (χ0) is 10.6. The molecule has 3 heteroatoms. The van der Waals surface area contributed by atoms with E-state index >= 15 is 0 Å². The lowest BCUT2D eigenvalue weighted by Crippen LogP contribution is -2.09. The number of rotatable bonds is 1. The zero-order valence-corrected chi connectivity index (χ0v) is 10.1. The monoisotopic (exact) mass is 258 g/mol. The van der Waals surface area contributed by atoms with Gasteiger partial charge in [0.05, 0.1) is 7.11 Å². The zero-order valence-electron chi connectivity index (χ0n) is 8.55. The maximum atomic E-state index is 11.3. The minimum Gasteiger partial charge on any atom is -0.466 e. The van der Waals surface area contributed by atoms with Crippen molar-refractivity contribution in [3.05, 3.63) is 22.2 Å². The lowest BCUT2D eigenvalue weighted by atomic mass is 9.95. The van der Waals surface area contributed by atoms with Gasteiger partial charge in [-0.05, 0) is 29.7 Å². The van der Waals surface area contributed by atoms with Gasteiger partial charge in [0.2, 0.25) is 0 Å². The molecule has 2 nitrogen and oxygen atoms in total. The third kappa shape index (κ3) is 3.29. The fraction of sp³-hybridized carbons (Fsp3) is 0.545. The van der Waals surface area contributed by atoms with Crippen molar-refractivity contribution >= 4 is 21.9 Å². The van der Waals surface area contributed by atoms with Gasteiger partial charge in [-0.2, -0.15) is 0 Å². The summed E-state index contributed by atoms with van der Waals surface area (Å²) in [6, 6.07) is 0. The Morgan fingerprint density at radius 2 is 2.21 bits per heavy atom. The predicted octanol–water partition coefficient (Wildman–Crippen LogP) is 3.18. The second kappa shape index (κ2) is 5.35. The van der Waals surface area contributed by atoms with Crippen molar-refractivity contribution in [2.24, 2.45) is 5.92 Å². The van der Waals surface area contributed by atoms with Crippen LogP contribution in [0.3, 0.4) is 0 Å². The van der Waals surface area contributed by atoms with E-state index in [1.165, 1.54) is 11.6 Å². The fourth-order valence-electron chi connectivity index (χ4n) is 1.57. The van der Waals surface area contributed by atoms with Crippen LogP contribution in [0.15, 0.2) is 22.2 Å². The molecule has 0 radical (unpaired) electrons. The van der Waals surface area contributed by atoms with Gasteiger partial charge in [-0.3, -0.25) is 0 Å². The quantitative estimate of drug-likeness (QED) is 0.676. The normalized spacial score (nSPS) is 30.4. The van der Waals surface area contributed by atoms with Crippen LogP contribution in [0.2, 0.25) is 0 Å². The summed E-state index contributed by atoms with van der Waals surface area (Å²) in [6.07, 6.45) is 6.64. The average molecular weight is 259 g/mol. The van der Waals surface area contributed by atoms with E-state index in [9.17, 15) is 4.79 Å². The third-order valence-electron chi connectivity index (χ3n) is 2.26. The lowest BCUT2D eigenvalue weighted by Gasteiger charge is -2.14. The standard InChI is InChI=1S/C11H15BrO2/c1-8-6-9(11(13)14-2)4-3-5-10(12)7-8/h4-5,8H,3,6-7H2,1-2H3/b9-4+,10-5+. The Kier molecular flexibility index (Phi) is 4.39. The van der Waals surface area contributed by atoms with Gasteiger partial charge in [-0.1, -0.05) is 35.0 Å². The van der Waals surface area contributed by atoms with Crippen LogP contribution >= 0.6 is 15.9 Å². The minimum atomic E-state index is -0.191. The van der Waals surface area contributed by atoms with Crippen molar-refractivity contribution < 1.29 is 9.53 Å². The van der Waals surface area contributed by atoms with Crippen molar-refractivity contribution in [2.45, 2.75) is 26.2 Å². The van der Waals surface area contributed by atoms with E-state index in [2.05, 4.69) is 28.9 Å². The highest BCUT2D eigenvalue weighted by Crippen LogP contribution is 2.26. The minimum absolute atomic E-state index is 0.191. The van der Waals surface area contributed by atoms with Crippen molar-refractivity contribution in [1.29, 1.82) is 0 Å². The first-order valence-electron chi connectivity index (χ1n) is 4.75. The Labute approximate surface area is 93.1 Å². The van der Waals surface area contributed by atoms with E-state index in [0.717, 1.165) is 24.8 Å². The average Bonchev–Trinajstić information content (AvgIpc) is 2.12. The Morgan fingerprint density at radius 1 is 1.50 bits per heavy atom. The Hall–Kier alpha value is -0.570. The van der Waals surface area contributed by atoms with Crippen molar-refractivity contribution in [3.63, 3.8) is 0 Å². The smallest absolute Gasteiger partial charge is 0.333 e. The first-order valence-corrected chi connectivity index (χ1v) is 5.54. The highest BCUT2D eigenvalue weighted by molar-refractivity contribution is 9.11. The second-order valence-corrected chi connectivity index (χ2v) is 4.64. The SMILES string of the molecule is COC(=O)/C1=C/C/C=C(/Br)CC(C)C1. The highest BCUT2D eigenvalue weighted by Gasteiger charge is 2.15. The summed E-state index contributed by atoms with van der Waals surface area (Å²) in [6.45, 7) is 2.14. The molecule has 0 amide bonds. The molecule has 0 aliphatic heterocycles. The van der Waals surface area contributed by atoms with E-state index in [1.54, 1.807) is 0 Å². The van der Waals surface area contributed by atoms with Gasteiger partial charge in [0.25, 0.3) is 0 Å². The van der Waals surface area contributed by atoms with Gasteiger partial charge in [0, 0.05) is 5.57 Å². The molecule has 78 valence electrons. The summed E-state index contributed by atoms with van der Waals surface area (Å²) in [5, 5.41) is 0. The number of ether oxygens (including phenoxy) is 1. The fourth-order valence-corrected chi connectivity index (χ4v) is 2.31. The summed E-state index contributed by atoms with van der Waals surface area (Å²) < 4.78 is 5.95. The summed E-state index contributed by atoms with van der Waals surface area (Å²) >= 11 is 3.50. The Morgan fingerprint density at radius 3 is 2.86 bits per heavy atom. The topological polar surface area (TPSA) is 26.3 Å². The number of halogens is 1. The number of esters is 1. The molecule has 0 fully saturated rings. The number of hydrogen-bond acceptors (Lipinski definition) is 2. The van der Waals surface area contributed by atoms with Crippen LogP contribution in [0, 0.1) is 5.92 Å². The first-order chi connectivity index (χ1) is 6.63.